The van der Waals surface area contributed by atoms with Crippen molar-refractivity contribution in [1.82, 2.24) is 9.55 Å². The molecule has 0 saturated heterocycles. The van der Waals surface area contributed by atoms with Crippen molar-refractivity contribution in [3.8, 4) is 5.69 Å². The fraction of sp³-hybridized carbons (Fsp3) is 0.350. The van der Waals surface area contributed by atoms with E-state index in [1.165, 1.54) is 16.6 Å². The first-order chi connectivity index (χ1) is 13.3. The second kappa shape index (κ2) is 7.54. The molecule has 2 atom stereocenters. The molecule has 0 unspecified atom stereocenters. The number of amides is 1. The number of carbonyl (C=O) groups is 1. The summed E-state index contributed by atoms with van der Waals surface area (Å²) in [6, 6.07) is 7.06. The van der Waals surface area contributed by atoms with E-state index in [1.807, 2.05) is 0 Å². The quantitative estimate of drug-likeness (QED) is 0.494. The molecule has 1 aromatic carbocycles. The Kier molecular flexibility index (Phi) is 5.24. The Labute approximate surface area is 175 Å². The molecule has 2 aromatic heterocycles. The number of aryl methyl sites for hydroxylation is 1. The van der Waals surface area contributed by atoms with Crippen molar-refractivity contribution >= 4 is 50.8 Å². The number of primary amides is 1. The number of nitrogens with two attached hydrogens (primary N) is 1. The van der Waals surface area contributed by atoms with Gasteiger partial charge in [0.15, 0.2) is 5.16 Å². The summed E-state index contributed by atoms with van der Waals surface area (Å²) in [6.07, 6.45) is 2.96. The summed E-state index contributed by atoms with van der Waals surface area (Å²) in [5, 5.41) is 1.26. The second-order valence-corrected chi connectivity index (χ2v) is 10.0. The summed E-state index contributed by atoms with van der Waals surface area (Å²) in [7, 11) is 0. The fourth-order valence-corrected chi connectivity index (χ4v) is 5.91. The van der Waals surface area contributed by atoms with Gasteiger partial charge in [0.1, 0.15) is 4.83 Å². The number of halogens is 1. The van der Waals surface area contributed by atoms with E-state index in [-0.39, 0.29) is 5.56 Å². The molecule has 28 heavy (non-hydrogen) atoms. The summed E-state index contributed by atoms with van der Waals surface area (Å²) >= 11 is 8.83. The van der Waals surface area contributed by atoms with E-state index in [2.05, 4.69) is 6.92 Å². The molecule has 2 N–H and O–H groups in total. The molecule has 8 heteroatoms. The SMILES string of the molecule is C[C@@H]1CCc2c(sc3nc(S[C@@H](C)C(N)=O)n(-c4ccc(Cl)cc4)c(=O)c23)C1. The third kappa shape index (κ3) is 3.47. The predicted molar refractivity (Wildman–Crippen MR) is 116 cm³/mol. The van der Waals surface area contributed by atoms with Crippen LogP contribution in [0.4, 0.5) is 0 Å². The molecule has 0 aliphatic heterocycles. The molecule has 1 amide bonds. The zero-order valence-electron chi connectivity index (χ0n) is 15.6. The number of nitrogens with zero attached hydrogens (tertiary/aromatic N) is 2. The molecular formula is C20H20ClN3O2S2. The molecule has 2 heterocycles. The maximum Gasteiger partial charge on any atom is 0.267 e. The van der Waals surface area contributed by atoms with Crippen molar-refractivity contribution < 1.29 is 4.79 Å². The lowest BCUT2D eigenvalue weighted by Gasteiger charge is -2.18. The van der Waals surface area contributed by atoms with E-state index in [0.717, 1.165) is 29.7 Å². The van der Waals surface area contributed by atoms with E-state index >= 15 is 0 Å². The van der Waals surface area contributed by atoms with Crippen LogP contribution in [0.1, 0.15) is 30.7 Å². The Balaban J connectivity index is 1.97. The number of thiophene rings is 1. The zero-order chi connectivity index (χ0) is 20.0. The van der Waals surface area contributed by atoms with Gasteiger partial charge < -0.3 is 5.73 Å². The van der Waals surface area contributed by atoms with Crippen molar-refractivity contribution in [3.63, 3.8) is 0 Å². The van der Waals surface area contributed by atoms with Gasteiger partial charge in [-0.3, -0.25) is 14.2 Å². The minimum atomic E-state index is -0.502. The number of carbonyl (C=O) groups excluding carboxylic acids is 1. The first-order valence-corrected chi connectivity index (χ1v) is 11.2. The number of hydrogen-bond acceptors (Lipinski definition) is 5. The molecule has 0 bridgehead atoms. The van der Waals surface area contributed by atoms with Gasteiger partial charge in [-0.25, -0.2) is 4.98 Å². The van der Waals surface area contributed by atoms with E-state index in [4.69, 9.17) is 22.3 Å². The van der Waals surface area contributed by atoms with Crippen molar-refractivity contribution in [1.29, 1.82) is 0 Å². The molecule has 0 spiro atoms. The van der Waals surface area contributed by atoms with Gasteiger partial charge in [0.05, 0.1) is 16.3 Å². The lowest BCUT2D eigenvalue weighted by molar-refractivity contribution is -0.117. The van der Waals surface area contributed by atoms with Gasteiger partial charge in [-0.05, 0) is 61.9 Å². The van der Waals surface area contributed by atoms with Crippen molar-refractivity contribution in [2.75, 3.05) is 0 Å². The van der Waals surface area contributed by atoms with Crippen LogP contribution in [0, 0.1) is 5.92 Å². The molecule has 1 aliphatic rings. The highest BCUT2D eigenvalue weighted by molar-refractivity contribution is 8.00. The molecule has 4 rings (SSSR count). The van der Waals surface area contributed by atoms with Gasteiger partial charge in [-0.15, -0.1) is 11.3 Å². The maximum absolute atomic E-state index is 13.6. The summed E-state index contributed by atoms with van der Waals surface area (Å²) < 4.78 is 1.58. The average Bonchev–Trinajstić information content (AvgIpc) is 3.00. The Morgan fingerprint density at radius 1 is 1.39 bits per heavy atom. The minimum absolute atomic E-state index is 0.0986. The standard InChI is InChI=1S/C20H20ClN3O2S2/c1-10-3-8-14-15(9-10)28-18-16(14)19(26)24(13-6-4-12(21)5-7-13)20(23-18)27-11(2)17(22)25/h4-7,10-11H,3,8-9H2,1-2H3,(H2,22,25)/t10-,11+/m1/s1. The summed E-state index contributed by atoms with van der Waals surface area (Å²) in [4.78, 5) is 32.0. The van der Waals surface area contributed by atoms with E-state index in [0.29, 0.717) is 27.2 Å². The Hall–Kier alpha value is -1.83. The van der Waals surface area contributed by atoms with Crippen LogP contribution in [-0.2, 0) is 17.6 Å². The smallest absolute Gasteiger partial charge is 0.267 e. The third-order valence-electron chi connectivity index (χ3n) is 5.07. The van der Waals surface area contributed by atoms with Crippen molar-refractivity contribution in [2.24, 2.45) is 11.7 Å². The van der Waals surface area contributed by atoms with Crippen LogP contribution in [-0.4, -0.2) is 20.7 Å². The zero-order valence-corrected chi connectivity index (χ0v) is 18.0. The van der Waals surface area contributed by atoms with E-state index in [9.17, 15) is 9.59 Å². The van der Waals surface area contributed by atoms with Gasteiger partial charge in [0.25, 0.3) is 5.56 Å². The van der Waals surface area contributed by atoms with Gasteiger partial charge in [-0.2, -0.15) is 0 Å². The van der Waals surface area contributed by atoms with Gasteiger partial charge in [-0.1, -0.05) is 30.3 Å². The highest BCUT2D eigenvalue weighted by atomic mass is 35.5. The van der Waals surface area contributed by atoms with Crippen LogP contribution >= 0.6 is 34.7 Å². The highest BCUT2D eigenvalue weighted by Gasteiger charge is 2.26. The number of fused-ring (bicyclic) bond motifs is 3. The topological polar surface area (TPSA) is 78.0 Å². The molecule has 0 fully saturated rings. The van der Waals surface area contributed by atoms with Crippen molar-refractivity contribution in [2.45, 2.75) is 43.5 Å². The lowest BCUT2D eigenvalue weighted by Crippen LogP contribution is -2.26. The fourth-order valence-electron chi connectivity index (χ4n) is 3.48. The summed E-state index contributed by atoms with van der Waals surface area (Å²) in [5.74, 6) is 0.170. The van der Waals surface area contributed by atoms with Crippen LogP contribution in [0.25, 0.3) is 15.9 Å². The largest absolute Gasteiger partial charge is 0.369 e. The van der Waals surface area contributed by atoms with Gasteiger partial charge in [0.2, 0.25) is 5.91 Å². The van der Waals surface area contributed by atoms with Crippen molar-refractivity contribution in [3.05, 3.63) is 50.1 Å². The number of rotatable bonds is 4. The highest BCUT2D eigenvalue weighted by Crippen LogP contribution is 2.37. The Morgan fingerprint density at radius 3 is 2.79 bits per heavy atom. The molecular weight excluding hydrogens is 414 g/mol. The van der Waals surface area contributed by atoms with Crippen LogP contribution < -0.4 is 11.3 Å². The summed E-state index contributed by atoms with van der Waals surface area (Å²) in [5.41, 5.74) is 7.16. The third-order valence-corrected chi connectivity index (χ3v) is 7.54. The van der Waals surface area contributed by atoms with Gasteiger partial charge in [0, 0.05) is 9.90 Å². The number of benzene rings is 1. The normalized spacial score (nSPS) is 17.5. The molecule has 1 aliphatic carbocycles. The molecule has 5 nitrogen and oxygen atoms in total. The first kappa shape index (κ1) is 19.5. The molecule has 0 radical (unpaired) electrons. The van der Waals surface area contributed by atoms with Crippen LogP contribution in [0.2, 0.25) is 5.02 Å². The Bertz CT molecular complexity index is 1120. The number of aromatic nitrogens is 2. The average molecular weight is 434 g/mol. The van der Waals surface area contributed by atoms with Crippen LogP contribution in [0.5, 0.6) is 0 Å². The molecule has 3 aromatic rings. The Morgan fingerprint density at radius 2 is 2.11 bits per heavy atom. The van der Waals surface area contributed by atoms with E-state index < -0.39 is 11.2 Å². The maximum atomic E-state index is 13.6. The lowest BCUT2D eigenvalue weighted by atomic mass is 9.89. The van der Waals surface area contributed by atoms with Crippen LogP contribution in [0.15, 0.2) is 34.2 Å². The molecule has 0 saturated carbocycles. The van der Waals surface area contributed by atoms with Crippen LogP contribution in [0.3, 0.4) is 0 Å². The number of hydrogen-bond donors (Lipinski definition) is 1. The summed E-state index contributed by atoms with van der Waals surface area (Å²) in [6.45, 7) is 3.96. The van der Waals surface area contributed by atoms with E-state index in [1.54, 1.807) is 47.1 Å². The predicted octanol–water partition coefficient (Wildman–Crippen LogP) is 4.19. The minimum Gasteiger partial charge on any atom is -0.369 e. The molecule has 146 valence electrons. The monoisotopic (exact) mass is 433 g/mol. The number of thioether (sulfide) groups is 1. The van der Waals surface area contributed by atoms with Gasteiger partial charge >= 0.3 is 0 Å². The second-order valence-electron chi connectivity index (χ2n) is 7.21. The first-order valence-electron chi connectivity index (χ1n) is 9.14.